The number of benzene rings is 5. The molecule has 4 aliphatic heterocycles. The van der Waals surface area contributed by atoms with Crippen LogP contribution < -0.4 is 44.4 Å². The number of rotatable bonds is 19. The number of fused-ring (bicyclic) bond motifs is 8. The Morgan fingerprint density at radius 3 is 1.78 bits per heavy atom. The first-order valence-electron chi connectivity index (χ1n) is 25.5. The largest absolute Gasteiger partial charge is 0.522 e. The molecule has 0 bridgehead atoms. The van der Waals surface area contributed by atoms with Crippen molar-refractivity contribution in [2.24, 2.45) is 5.92 Å². The van der Waals surface area contributed by atoms with E-state index in [0.29, 0.717) is 83.0 Å². The van der Waals surface area contributed by atoms with Crippen molar-refractivity contribution < 1.29 is 108 Å². The molecule has 2 N–H and O–H groups in total. The summed E-state index contributed by atoms with van der Waals surface area (Å²) in [7, 11) is 5.39. The van der Waals surface area contributed by atoms with Gasteiger partial charge in [-0.15, -0.1) is 0 Å². The molecule has 5 aromatic carbocycles. The Morgan fingerprint density at radius 1 is 0.684 bits per heavy atom. The van der Waals surface area contributed by atoms with E-state index < -0.39 is 17.9 Å². The Labute approximate surface area is 495 Å². The number of ketones is 2. The average Bonchev–Trinajstić information content (AvgIpc) is 3.92. The predicted molar refractivity (Wildman–Crippen MR) is 285 cm³/mol. The number of para-hydroxylation sites is 2. The van der Waals surface area contributed by atoms with Gasteiger partial charge < -0.3 is 44.4 Å². The summed E-state index contributed by atoms with van der Waals surface area (Å²) < 4.78 is 18.9. The number of anilines is 5. The Kier molecular flexibility index (Phi) is 19.4. The van der Waals surface area contributed by atoms with Crippen LogP contribution >= 0.6 is 0 Å². The topological polar surface area (TPSA) is 167 Å². The number of likely N-dealkylation sites (N-methyl/N-ethyl adjacent to an activating group) is 2. The summed E-state index contributed by atoms with van der Waals surface area (Å²) in [6.07, 6.45) is 3.57. The van der Waals surface area contributed by atoms with E-state index in [1.165, 1.54) is 7.11 Å². The first-order valence-corrected chi connectivity index (χ1v) is 25.5. The number of carbonyl (C=O) groups excluding carboxylic acids is 6. The van der Waals surface area contributed by atoms with Crippen LogP contribution in [0.2, 0.25) is 0 Å². The molecular weight excluding hydrogens is 1110 g/mol. The van der Waals surface area contributed by atoms with Crippen LogP contribution in [0.5, 0.6) is 17.2 Å². The second kappa shape index (κ2) is 25.3. The van der Waals surface area contributed by atoms with Gasteiger partial charge in [0.2, 0.25) is 11.8 Å². The van der Waals surface area contributed by atoms with Gasteiger partial charge in [-0.25, -0.2) is 13.1 Å². The number of amides is 4. The third kappa shape index (κ3) is 12.6. The quantitative estimate of drug-likeness (QED) is 0.0598. The zero-order chi connectivity index (χ0) is 52.4. The monoisotopic (exact) mass is 1180 g/mol. The van der Waals surface area contributed by atoms with Crippen molar-refractivity contribution in [3.8, 4) is 17.2 Å². The molecule has 4 atom stereocenters. The molecule has 5 aromatic rings. The fourth-order valence-electron chi connectivity index (χ4n) is 10.4. The van der Waals surface area contributed by atoms with E-state index in [4.69, 9.17) is 14.2 Å². The predicted octanol–water partition coefficient (Wildman–Crippen LogP) is 9.10. The minimum absolute atomic E-state index is 0. The van der Waals surface area contributed by atoms with Gasteiger partial charge in [0.1, 0.15) is 24.7 Å². The van der Waals surface area contributed by atoms with Crippen molar-refractivity contribution >= 4 is 63.6 Å². The van der Waals surface area contributed by atoms with E-state index in [2.05, 4.69) is 29.3 Å². The van der Waals surface area contributed by atoms with E-state index in [0.717, 1.165) is 40.2 Å². The Hall–Kier alpha value is -5.47. The van der Waals surface area contributed by atoms with Gasteiger partial charge in [0, 0.05) is 138 Å². The van der Waals surface area contributed by atoms with Gasteiger partial charge in [0.05, 0.1) is 24.3 Å². The zero-order valence-corrected chi connectivity index (χ0v) is 50.0. The number of methoxy groups -OCH3 is 1. The van der Waals surface area contributed by atoms with Gasteiger partial charge in [-0.2, -0.15) is 0 Å². The summed E-state index contributed by atoms with van der Waals surface area (Å²) in [5, 5.41) is 5.75. The fraction of sp³-hybridized carbons (Fsp3) is 0.356. The number of hydrogen-bond acceptors (Lipinski definition) is 11. The van der Waals surface area contributed by atoms with E-state index >= 15 is 0 Å². The van der Waals surface area contributed by atoms with Crippen molar-refractivity contribution in [3.05, 3.63) is 143 Å². The zero-order valence-electron chi connectivity index (χ0n) is 44.3. The number of Topliss-reactive ketones (excluding diaryl/α,β-unsaturated/α-hetero) is 2. The van der Waals surface area contributed by atoms with Gasteiger partial charge in [0.25, 0.3) is 11.8 Å². The van der Waals surface area contributed by atoms with Crippen LogP contribution in [0.1, 0.15) is 108 Å². The second-order valence-electron chi connectivity index (χ2n) is 19.9. The number of nitrogens with one attached hydrogen (secondary N) is 2. The SMILES string of the molecule is CCC(=O)CCCCC(=O)N[C@@H](C)C(=O)C[C@@H](C)C(=O)Nc1cc(COc2cc3c(cc2C)C(=O)N2c4ccccc4C[C@H]2[CH-]N3C)cc(COc2cc3c(cc2OC)C(=O)N2c4ccccc4C[C@H]2[CH-]N3C)c1.[Y].[Y]. The maximum absolute atomic E-state index is 14.3. The Balaban J connectivity index is 0.00000420. The summed E-state index contributed by atoms with van der Waals surface area (Å²) in [5.41, 5.74) is 9.11. The van der Waals surface area contributed by atoms with Crippen LogP contribution in [0.15, 0.2) is 91.0 Å². The van der Waals surface area contributed by atoms with Crippen molar-refractivity contribution in [1.29, 1.82) is 0 Å². The molecule has 0 fully saturated rings. The van der Waals surface area contributed by atoms with Gasteiger partial charge >= 0.3 is 0 Å². The molecule has 392 valence electrons. The molecule has 76 heavy (non-hydrogen) atoms. The van der Waals surface area contributed by atoms with E-state index in [1.807, 2.05) is 121 Å². The summed E-state index contributed by atoms with van der Waals surface area (Å²) in [6.45, 7) is 11.3. The molecule has 0 unspecified atom stereocenters. The number of hydrogen-bond donors (Lipinski definition) is 2. The van der Waals surface area contributed by atoms with Crippen LogP contribution in [-0.4, -0.2) is 74.5 Å². The van der Waals surface area contributed by atoms with Crippen molar-refractivity contribution in [3.63, 3.8) is 0 Å². The normalized spacial score (nSPS) is 16.7. The molecule has 4 heterocycles. The molecule has 4 amide bonds. The average molecular weight is 1180 g/mol. The molecule has 17 heteroatoms. The molecule has 0 saturated heterocycles. The molecule has 2 radical (unpaired) electrons. The molecule has 0 saturated carbocycles. The van der Waals surface area contributed by atoms with Crippen LogP contribution in [0.25, 0.3) is 0 Å². The first kappa shape index (κ1) is 58.2. The third-order valence-electron chi connectivity index (χ3n) is 14.5. The van der Waals surface area contributed by atoms with Crippen molar-refractivity contribution in [2.75, 3.05) is 46.1 Å². The maximum Gasteiger partial charge on any atom is 0.258 e. The summed E-state index contributed by atoms with van der Waals surface area (Å²) in [6, 6.07) is 27.7. The molecular formula is C59H64N6O9Y2-2. The smallest absolute Gasteiger partial charge is 0.258 e. The number of unbranched alkanes of at least 4 members (excludes halogenated alkanes) is 1. The van der Waals surface area contributed by atoms with E-state index in [9.17, 15) is 28.8 Å². The standard InChI is InChI=1S/C59H64N6O9.2Y/c1-8-45(66)17-11-14-20-56(68)60-37(4)52(67)22-36(3)57(69)61-42-24-38(33-73-53-29-50-46(21-35(53)2)58(70)64-43(31-62(50)5)26-40-15-9-12-18-48(40)64)23-39(25-42)34-74-55-30-51-47(28-54(55)72-7)59(71)65-44(32-63(51)6)27-41-16-10-13-19-49(41)65;;/h9-10,12-13,15-16,18-19,21,23-25,28-32,36-37,43-44H,8,11,14,17,20,22,26-27,33-34H2,1-7H3,(H,60,68)(H,61,69);;/q-2;;/t36-,37+,43+,44+;;/m1../s1. The molecule has 0 spiro atoms. The first-order chi connectivity index (χ1) is 35.6. The molecule has 9 rings (SSSR count). The van der Waals surface area contributed by atoms with Crippen LogP contribution in [0, 0.1) is 25.9 Å². The van der Waals surface area contributed by atoms with Crippen LogP contribution in [-0.2, 0) is 111 Å². The Morgan fingerprint density at radius 2 is 1.21 bits per heavy atom. The number of aryl methyl sites for hydroxylation is 1. The summed E-state index contributed by atoms with van der Waals surface area (Å²) >= 11 is 0. The Bertz CT molecular complexity index is 3040. The number of carbonyl (C=O) groups is 6. The minimum atomic E-state index is -0.796. The summed E-state index contributed by atoms with van der Waals surface area (Å²) in [4.78, 5) is 87.5. The van der Waals surface area contributed by atoms with Gasteiger partial charge in [-0.05, 0) is 124 Å². The molecule has 15 nitrogen and oxygen atoms in total. The maximum atomic E-state index is 14.3. The third-order valence-corrected chi connectivity index (χ3v) is 14.5. The van der Waals surface area contributed by atoms with E-state index in [1.54, 1.807) is 26.0 Å². The van der Waals surface area contributed by atoms with Crippen molar-refractivity contribution in [2.45, 2.75) is 110 Å². The van der Waals surface area contributed by atoms with Crippen molar-refractivity contribution in [1.82, 2.24) is 5.32 Å². The molecule has 0 aromatic heterocycles. The molecule has 4 aliphatic rings. The summed E-state index contributed by atoms with van der Waals surface area (Å²) in [5.74, 6) is -0.379. The number of nitrogens with zero attached hydrogens (tertiary/aromatic N) is 4. The van der Waals surface area contributed by atoms with E-state index in [-0.39, 0.29) is 133 Å². The number of ether oxygens (including phenoxy) is 3. The van der Waals surface area contributed by atoms with Gasteiger partial charge in [-0.3, -0.25) is 28.8 Å². The van der Waals surface area contributed by atoms with Crippen LogP contribution in [0.4, 0.5) is 28.4 Å². The minimum Gasteiger partial charge on any atom is -0.522 e. The second-order valence-corrected chi connectivity index (χ2v) is 19.9. The molecule has 0 aliphatic carbocycles. The van der Waals surface area contributed by atoms with Gasteiger partial charge in [-0.1, -0.05) is 62.3 Å². The van der Waals surface area contributed by atoms with Gasteiger partial charge in [0.15, 0.2) is 17.3 Å². The van der Waals surface area contributed by atoms with Crippen LogP contribution in [0.3, 0.4) is 0 Å². The fourth-order valence-corrected chi connectivity index (χ4v) is 10.4.